The Labute approximate surface area is 145 Å². The van der Waals surface area contributed by atoms with Crippen LogP contribution in [-0.2, 0) is 16.0 Å². The van der Waals surface area contributed by atoms with Crippen molar-refractivity contribution in [2.45, 2.75) is 25.7 Å². The van der Waals surface area contributed by atoms with Crippen LogP contribution in [0.25, 0.3) is 0 Å². The molecule has 122 valence electrons. The molecule has 0 atom stereocenters. The smallest absolute Gasteiger partial charge is 0.236 e. The molecule has 5 nitrogen and oxygen atoms in total. The van der Waals surface area contributed by atoms with Gasteiger partial charge in [0.05, 0.1) is 6.07 Å². The summed E-state index contributed by atoms with van der Waals surface area (Å²) in [5.74, 6) is -0.0147. The van der Waals surface area contributed by atoms with E-state index < -0.39 is 0 Å². The van der Waals surface area contributed by atoms with E-state index >= 15 is 0 Å². The van der Waals surface area contributed by atoms with Crippen LogP contribution in [0.3, 0.4) is 0 Å². The quantitative estimate of drug-likeness (QED) is 0.808. The number of carbonyl (C=O) groups is 2. The maximum Gasteiger partial charge on any atom is 0.236 e. The number of benzene rings is 1. The van der Waals surface area contributed by atoms with Crippen molar-refractivity contribution in [1.82, 2.24) is 9.80 Å². The second-order valence-electron chi connectivity index (χ2n) is 5.58. The third-order valence-corrected chi connectivity index (χ3v) is 4.50. The summed E-state index contributed by atoms with van der Waals surface area (Å²) in [5, 5.41) is 8.61. The third kappa shape index (κ3) is 5.36. The Morgan fingerprint density at radius 1 is 1.04 bits per heavy atom. The molecule has 0 N–H and O–H groups in total. The highest BCUT2D eigenvalue weighted by molar-refractivity contribution is 9.10. The molecule has 23 heavy (non-hydrogen) atoms. The molecule has 1 aliphatic rings. The first-order valence-electron chi connectivity index (χ1n) is 7.77. The zero-order chi connectivity index (χ0) is 16.7. The Bertz CT molecular complexity index is 595. The van der Waals surface area contributed by atoms with E-state index in [1.807, 2.05) is 35.2 Å². The van der Waals surface area contributed by atoms with Gasteiger partial charge in [0, 0.05) is 37.1 Å². The highest BCUT2D eigenvalue weighted by atomic mass is 79.9. The fourth-order valence-electron chi connectivity index (χ4n) is 2.66. The number of amides is 2. The summed E-state index contributed by atoms with van der Waals surface area (Å²) in [5.41, 5.74) is 1.14. The van der Waals surface area contributed by atoms with Crippen LogP contribution in [0.4, 0.5) is 0 Å². The highest BCUT2D eigenvalue weighted by Gasteiger charge is 2.21. The molecule has 2 amide bonds. The molecule has 0 aliphatic carbocycles. The second-order valence-corrected chi connectivity index (χ2v) is 6.49. The summed E-state index contributed by atoms with van der Waals surface area (Å²) in [7, 11) is 0. The van der Waals surface area contributed by atoms with E-state index in [0.717, 1.165) is 22.9 Å². The lowest BCUT2D eigenvalue weighted by atomic mass is 10.1. The van der Waals surface area contributed by atoms with E-state index in [1.165, 1.54) is 0 Å². The van der Waals surface area contributed by atoms with Gasteiger partial charge in [0.15, 0.2) is 0 Å². The van der Waals surface area contributed by atoms with E-state index in [2.05, 4.69) is 15.9 Å². The van der Waals surface area contributed by atoms with Gasteiger partial charge in [0.25, 0.3) is 0 Å². The van der Waals surface area contributed by atoms with Crippen molar-refractivity contribution in [3.63, 3.8) is 0 Å². The fourth-order valence-corrected chi connectivity index (χ4v) is 2.92. The molecule has 1 aromatic carbocycles. The maximum atomic E-state index is 12.4. The Hall–Kier alpha value is -1.87. The van der Waals surface area contributed by atoms with Crippen LogP contribution < -0.4 is 0 Å². The van der Waals surface area contributed by atoms with Crippen LogP contribution in [0.15, 0.2) is 28.7 Å². The molecule has 1 aliphatic heterocycles. The normalized spacial score (nSPS) is 15.0. The first-order valence-corrected chi connectivity index (χ1v) is 8.56. The molecular weight excluding hydrogens is 358 g/mol. The second kappa shape index (κ2) is 8.68. The van der Waals surface area contributed by atoms with Gasteiger partial charge in [-0.25, -0.2) is 0 Å². The van der Waals surface area contributed by atoms with Gasteiger partial charge < -0.3 is 9.80 Å². The van der Waals surface area contributed by atoms with Crippen LogP contribution in [0.2, 0.25) is 0 Å². The van der Waals surface area contributed by atoms with Gasteiger partial charge in [-0.05, 0) is 30.5 Å². The van der Waals surface area contributed by atoms with Crippen LogP contribution in [0.5, 0.6) is 0 Å². The number of aryl methyl sites for hydroxylation is 1. The van der Waals surface area contributed by atoms with Crippen LogP contribution in [-0.4, -0.2) is 47.8 Å². The van der Waals surface area contributed by atoms with Gasteiger partial charge in [-0.2, -0.15) is 5.26 Å². The molecule has 0 aromatic heterocycles. The zero-order valence-corrected chi connectivity index (χ0v) is 14.6. The number of nitriles is 1. The van der Waals surface area contributed by atoms with E-state index in [-0.39, 0.29) is 18.2 Å². The molecule has 0 unspecified atom stereocenters. The summed E-state index contributed by atoms with van der Waals surface area (Å²) < 4.78 is 1.03. The van der Waals surface area contributed by atoms with Crippen molar-refractivity contribution in [3.8, 4) is 6.07 Å². The lowest BCUT2D eigenvalue weighted by Crippen LogP contribution is -2.37. The number of hydrogen-bond acceptors (Lipinski definition) is 3. The van der Waals surface area contributed by atoms with Crippen molar-refractivity contribution in [3.05, 3.63) is 34.3 Å². The minimum Gasteiger partial charge on any atom is -0.341 e. The third-order valence-electron chi connectivity index (χ3n) is 3.97. The van der Waals surface area contributed by atoms with Gasteiger partial charge in [-0.1, -0.05) is 28.1 Å². The number of halogens is 1. The van der Waals surface area contributed by atoms with Crippen molar-refractivity contribution in [2.75, 3.05) is 26.2 Å². The molecule has 0 bridgehead atoms. The van der Waals surface area contributed by atoms with Crippen LogP contribution in [0, 0.1) is 11.3 Å². The molecule has 1 saturated heterocycles. The first-order chi connectivity index (χ1) is 11.1. The average Bonchev–Trinajstić information content (AvgIpc) is 2.80. The first kappa shape index (κ1) is 17.5. The Morgan fingerprint density at radius 2 is 1.65 bits per heavy atom. The van der Waals surface area contributed by atoms with Gasteiger partial charge in [-0.15, -0.1) is 0 Å². The SMILES string of the molecule is N#CCC(=O)N1CCCN(C(=O)CCc2ccc(Br)cc2)CC1. The van der Waals surface area contributed by atoms with E-state index in [0.29, 0.717) is 32.6 Å². The zero-order valence-electron chi connectivity index (χ0n) is 13.0. The number of nitrogens with zero attached hydrogens (tertiary/aromatic N) is 3. The Balaban J connectivity index is 1.82. The fraction of sp³-hybridized carbons (Fsp3) is 0.471. The van der Waals surface area contributed by atoms with E-state index in [9.17, 15) is 9.59 Å². The summed E-state index contributed by atoms with van der Waals surface area (Å²) in [6.07, 6.45) is 1.88. The molecule has 6 heteroatoms. The van der Waals surface area contributed by atoms with Gasteiger partial charge in [0.1, 0.15) is 6.42 Å². The standard InChI is InChI=1S/C17H20BrN3O2/c18-15-5-2-14(3-6-15)4-7-16(22)20-10-1-11-21(13-12-20)17(23)8-9-19/h2-3,5-6H,1,4,7-8,10-13H2. The monoisotopic (exact) mass is 377 g/mol. The summed E-state index contributed by atoms with van der Waals surface area (Å²) >= 11 is 3.40. The van der Waals surface area contributed by atoms with Crippen molar-refractivity contribution < 1.29 is 9.59 Å². The van der Waals surface area contributed by atoms with E-state index in [1.54, 1.807) is 4.90 Å². The predicted molar refractivity (Wildman–Crippen MR) is 90.5 cm³/mol. The van der Waals surface area contributed by atoms with Gasteiger partial charge in [0.2, 0.25) is 11.8 Å². The van der Waals surface area contributed by atoms with Gasteiger partial charge >= 0.3 is 0 Å². The Kier molecular flexibility index (Phi) is 6.60. The molecule has 0 saturated carbocycles. The van der Waals surface area contributed by atoms with Crippen molar-refractivity contribution in [2.24, 2.45) is 0 Å². The number of carbonyl (C=O) groups excluding carboxylic acids is 2. The minimum absolute atomic E-state index is 0.0858. The van der Waals surface area contributed by atoms with Crippen molar-refractivity contribution in [1.29, 1.82) is 5.26 Å². The van der Waals surface area contributed by atoms with E-state index in [4.69, 9.17) is 5.26 Å². The largest absolute Gasteiger partial charge is 0.341 e. The number of rotatable bonds is 4. The molecule has 1 fully saturated rings. The number of hydrogen-bond donors (Lipinski definition) is 0. The highest BCUT2D eigenvalue weighted by Crippen LogP contribution is 2.13. The van der Waals surface area contributed by atoms with Crippen LogP contribution >= 0.6 is 15.9 Å². The molecule has 2 rings (SSSR count). The molecule has 0 spiro atoms. The van der Waals surface area contributed by atoms with Crippen LogP contribution in [0.1, 0.15) is 24.8 Å². The molecular formula is C17H20BrN3O2. The lowest BCUT2D eigenvalue weighted by molar-refractivity contribution is -0.133. The summed E-state index contributed by atoms with van der Waals surface area (Å²) in [6, 6.07) is 9.87. The summed E-state index contributed by atoms with van der Waals surface area (Å²) in [4.78, 5) is 27.6. The molecule has 1 aromatic rings. The molecule has 0 radical (unpaired) electrons. The van der Waals surface area contributed by atoms with Gasteiger partial charge in [-0.3, -0.25) is 9.59 Å². The average molecular weight is 378 g/mol. The topological polar surface area (TPSA) is 64.4 Å². The predicted octanol–water partition coefficient (Wildman–Crippen LogP) is 2.36. The molecule has 1 heterocycles. The van der Waals surface area contributed by atoms with Crippen molar-refractivity contribution >= 4 is 27.7 Å². The Morgan fingerprint density at radius 3 is 2.26 bits per heavy atom. The lowest BCUT2D eigenvalue weighted by Gasteiger charge is -2.21. The summed E-state index contributed by atoms with van der Waals surface area (Å²) in [6.45, 7) is 2.37. The minimum atomic E-state index is -0.142. The maximum absolute atomic E-state index is 12.4.